The SMILES string of the molecule is CCNC(=NCCOC1CCCCCC1)NCCOc1cccnc1.I. The molecule has 7 heteroatoms. The monoisotopic (exact) mass is 476 g/mol. The van der Waals surface area contributed by atoms with Gasteiger partial charge in [-0.25, -0.2) is 0 Å². The molecule has 1 aliphatic carbocycles. The van der Waals surface area contributed by atoms with Crippen LogP contribution in [0.25, 0.3) is 0 Å². The number of nitrogens with one attached hydrogen (secondary N) is 2. The Morgan fingerprint density at radius 3 is 2.69 bits per heavy atom. The molecule has 0 aliphatic heterocycles. The van der Waals surface area contributed by atoms with E-state index in [1.54, 1.807) is 12.4 Å². The van der Waals surface area contributed by atoms with E-state index in [9.17, 15) is 0 Å². The van der Waals surface area contributed by atoms with Gasteiger partial charge in [-0.05, 0) is 31.9 Å². The number of aromatic nitrogens is 1. The van der Waals surface area contributed by atoms with Crippen LogP contribution in [-0.2, 0) is 4.74 Å². The number of rotatable bonds is 9. The Kier molecular flexibility index (Phi) is 13.3. The molecule has 1 saturated carbocycles. The van der Waals surface area contributed by atoms with Crippen molar-refractivity contribution in [3.8, 4) is 5.75 Å². The van der Waals surface area contributed by atoms with Crippen molar-refractivity contribution in [1.29, 1.82) is 0 Å². The van der Waals surface area contributed by atoms with Gasteiger partial charge in [0, 0.05) is 12.7 Å². The van der Waals surface area contributed by atoms with Gasteiger partial charge in [0.2, 0.25) is 0 Å². The van der Waals surface area contributed by atoms with Crippen LogP contribution >= 0.6 is 24.0 Å². The van der Waals surface area contributed by atoms with Gasteiger partial charge in [-0.15, -0.1) is 24.0 Å². The first-order valence-corrected chi connectivity index (χ1v) is 9.55. The molecule has 148 valence electrons. The zero-order valence-electron chi connectivity index (χ0n) is 15.8. The molecule has 0 aromatic carbocycles. The molecule has 0 saturated heterocycles. The number of hydrogen-bond donors (Lipinski definition) is 2. The van der Waals surface area contributed by atoms with E-state index in [1.165, 1.54) is 38.5 Å². The molecule has 1 aromatic heterocycles. The van der Waals surface area contributed by atoms with E-state index in [0.29, 0.717) is 32.4 Å². The molecule has 2 N–H and O–H groups in total. The number of aliphatic imine (C=N–C) groups is 1. The van der Waals surface area contributed by atoms with Gasteiger partial charge < -0.3 is 20.1 Å². The lowest BCUT2D eigenvalue weighted by atomic mass is 10.1. The van der Waals surface area contributed by atoms with E-state index in [1.807, 2.05) is 12.1 Å². The van der Waals surface area contributed by atoms with Crippen molar-refractivity contribution < 1.29 is 9.47 Å². The Labute approximate surface area is 174 Å². The van der Waals surface area contributed by atoms with Gasteiger partial charge in [0.1, 0.15) is 12.4 Å². The maximum absolute atomic E-state index is 5.98. The summed E-state index contributed by atoms with van der Waals surface area (Å²) in [6, 6.07) is 3.76. The van der Waals surface area contributed by atoms with Gasteiger partial charge in [-0.1, -0.05) is 25.7 Å². The summed E-state index contributed by atoms with van der Waals surface area (Å²) in [6.07, 6.45) is 11.6. The third-order valence-corrected chi connectivity index (χ3v) is 4.16. The van der Waals surface area contributed by atoms with Crippen molar-refractivity contribution in [2.45, 2.75) is 51.6 Å². The predicted molar refractivity (Wildman–Crippen MR) is 117 cm³/mol. The lowest BCUT2D eigenvalue weighted by molar-refractivity contribution is 0.0487. The minimum absolute atomic E-state index is 0. The minimum atomic E-state index is 0. The van der Waals surface area contributed by atoms with Crippen molar-refractivity contribution in [3.63, 3.8) is 0 Å². The Morgan fingerprint density at radius 2 is 2.00 bits per heavy atom. The van der Waals surface area contributed by atoms with Gasteiger partial charge in [-0.3, -0.25) is 9.98 Å². The van der Waals surface area contributed by atoms with Gasteiger partial charge in [0.25, 0.3) is 0 Å². The first kappa shape index (κ1) is 23.0. The van der Waals surface area contributed by atoms with Crippen molar-refractivity contribution in [1.82, 2.24) is 15.6 Å². The zero-order chi connectivity index (χ0) is 17.6. The predicted octanol–water partition coefficient (Wildman–Crippen LogP) is 3.37. The summed E-state index contributed by atoms with van der Waals surface area (Å²) in [6.45, 7) is 5.51. The smallest absolute Gasteiger partial charge is 0.191 e. The van der Waals surface area contributed by atoms with E-state index in [4.69, 9.17) is 9.47 Å². The van der Waals surface area contributed by atoms with Crippen LogP contribution in [0.3, 0.4) is 0 Å². The molecule has 2 rings (SSSR count). The second-order valence-corrected chi connectivity index (χ2v) is 6.21. The van der Waals surface area contributed by atoms with E-state index in [0.717, 1.165) is 18.3 Å². The van der Waals surface area contributed by atoms with E-state index >= 15 is 0 Å². The summed E-state index contributed by atoms with van der Waals surface area (Å²) in [5, 5.41) is 6.52. The highest BCUT2D eigenvalue weighted by Gasteiger charge is 2.11. The molecule has 0 spiro atoms. The molecule has 1 fully saturated rings. The van der Waals surface area contributed by atoms with Crippen molar-refractivity contribution in [2.75, 3.05) is 32.8 Å². The van der Waals surface area contributed by atoms with Crippen LogP contribution in [0.15, 0.2) is 29.5 Å². The fraction of sp³-hybridized carbons (Fsp3) is 0.684. The number of hydrogen-bond acceptors (Lipinski definition) is 4. The normalized spacial score (nSPS) is 15.7. The highest BCUT2D eigenvalue weighted by molar-refractivity contribution is 14.0. The average Bonchev–Trinajstić information content (AvgIpc) is 2.92. The molecular formula is C19H33IN4O2. The van der Waals surface area contributed by atoms with E-state index in [-0.39, 0.29) is 24.0 Å². The second-order valence-electron chi connectivity index (χ2n) is 6.21. The van der Waals surface area contributed by atoms with Crippen LogP contribution in [-0.4, -0.2) is 49.9 Å². The lowest BCUT2D eigenvalue weighted by Gasteiger charge is -2.15. The molecule has 1 aliphatic rings. The van der Waals surface area contributed by atoms with Crippen LogP contribution in [0.5, 0.6) is 5.75 Å². The van der Waals surface area contributed by atoms with E-state index < -0.39 is 0 Å². The number of nitrogens with zero attached hydrogens (tertiary/aromatic N) is 2. The fourth-order valence-electron chi connectivity index (χ4n) is 2.90. The first-order chi connectivity index (χ1) is 12.4. The molecule has 0 bridgehead atoms. The Hall–Kier alpha value is -1.09. The molecule has 0 amide bonds. The van der Waals surface area contributed by atoms with Crippen molar-refractivity contribution >= 4 is 29.9 Å². The maximum atomic E-state index is 5.98. The van der Waals surface area contributed by atoms with Gasteiger partial charge in [-0.2, -0.15) is 0 Å². The topological polar surface area (TPSA) is 67.8 Å². The molecule has 0 radical (unpaired) electrons. The largest absolute Gasteiger partial charge is 0.490 e. The Morgan fingerprint density at radius 1 is 1.19 bits per heavy atom. The van der Waals surface area contributed by atoms with Crippen LogP contribution in [0.4, 0.5) is 0 Å². The van der Waals surface area contributed by atoms with Crippen LogP contribution in [0.1, 0.15) is 45.4 Å². The average molecular weight is 476 g/mol. The molecule has 1 aromatic rings. The standard InChI is InChI=1S/C19H32N4O2.HI/c1-2-21-19(23-13-15-25-18-10-7-11-20-16-18)22-12-14-24-17-8-5-3-4-6-9-17;/h7,10-11,16-17H,2-6,8-9,12-15H2,1H3,(H2,21,22,23);1H. The Bertz CT molecular complexity index is 480. The number of halogens is 1. The summed E-state index contributed by atoms with van der Waals surface area (Å²) < 4.78 is 11.6. The minimum Gasteiger partial charge on any atom is -0.490 e. The lowest BCUT2D eigenvalue weighted by Crippen LogP contribution is -2.39. The molecule has 6 nitrogen and oxygen atoms in total. The van der Waals surface area contributed by atoms with Gasteiger partial charge in [0.15, 0.2) is 5.96 Å². The highest BCUT2D eigenvalue weighted by atomic mass is 127. The van der Waals surface area contributed by atoms with Crippen LogP contribution in [0, 0.1) is 0 Å². The molecule has 1 heterocycles. The quantitative estimate of drug-likeness (QED) is 0.188. The van der Waals surface area contributed by atoms with Crippen molar-refractivity contribution in [2.24, 2.45) is 4.99 Å². The molecule has 26 heavy (non-hydrogen) atoms. The summed E-state index contributed by atoms with van der Waals surface area (Å²) in [5.74, 6) is 1.59. The zero-order valence-corrected chi connectivity index (χ0v) is 18.1. The van der Waals surface area contributed by atoms with Crippen LogP contribution in [0.2, 0.25) is 0 Å². The summed E-state index contributed by atoms with van der Waals surface area (Å²) in [4.78, 5) is 8.59. The first-order valence-electron chi connectivity index (χ1n) is 9.55. The summed E-state index contributed by atoms with van der Waals surface area (Å²) in [7, 11) is 0. The van der Waals surface area contributed by atoms with Crippen LogP contribution < -0.4 is 15.4 Å². The number of guanidine groups is 1. The number of pyridine rings is 1. The van der Waals surface area contributed by atoms with Gasteiger partial charge >= 0.3 is 0 Å². The number of ether oxygens (including phenoxy) is 2. The summed E-state index contributed by atoms with van der Waals surface area (Å²) in [5.41, 5.74) is 0. The van der Waals surface area contributed by atoms with Gasteiger partial charge in [0.05, 0.1) is 32.0 Å². The molecule has 0 atom stereocenters. The maximum Gasteiger partial charge on any atom is 0.191 e. The third kappa shape index (κ3) is 10.2. The molecular weight excluding hydrogens is 443 g/mol. The second kappa shape index (κ2) is 15.0. The van der Waals surface area contributed by atoms with Crippen molar-refractivity contribution in [3.05, 3.63) is 24.5 Å². The highest BCUT2D eigenvalue weighted by Crippen LogP contribution is 2.19. The molecule has 0 unspecified atom stereocenters. The fourth-order valence-corrected chi connectivity index (χ4v) is 2.90. The summed E-state index contributed by atoms with van der Waals surface area (Å²) >= 11 is 0. The Balaban J connectivity index is 0.00000338. The van der Waals surface area contributed by atoms with E-state index in [2.05, 4.69) is 27.5 Å². The third-order valence-electron chi connectivity index (χ3n) is 4.16.